The summed E-state index contributed by atoms with van der Waals surface area (Å²) in [5.41, 5.74) is 7.18. The Labute approximate surface area is 121 Å². The summed E-state index contributed by atoms with van der Waals surface area (Å²) in [4.78, 5) is 11.2. The van der Waals surface area contributed by atoms with Crippen molar-refractivity contribution < 1.29 is 14.3 Å². The first-order valence-electron chi connectivity index (χ1n) is 7.31. The van der Waals surface area contributed by atoms with Crippen molar-refractivity contribution in [2.45, 2.75) is 45.6 Å². The lowest BCUT2D eigenvalue weighted by molar-refractivity contribution is -0.143. The van der Waals surface area contributed by atoms with E-state index in [0.29, 0.717) is 13.0 Å². The first kappa shape index (κ1) is 16.5. The van der Waals surface area contributed by atoms with E-state index in [1.807, 2.05) is 31.2 Å². The Morgan fingerprint density at radius 3 is 2.55 bits per heavy atom. The van der Waals surface area contributed by atoms with Crippen LogP contribution in [-0.2, 0) is 9.53 Å². The van der Waals surface area contributed by atoms with Gasteiger partial charge in [-0.05, 0) is 43.9 Å². The predicted octanol–water partition coefficient (Wildman–Crippen LogP) is 3.21. The van der Waals surface area contributed by atoms with E-state index in [-0.39, 0.29) is 12.0 Å². The van der Waals surface area contributed by atoms with Crippen LogP contribution >= 0.6 is 0 Å². The van der Waals surface area contributed by atoms with Crippen molar-refractivity contribution >= 4 is 5.97 Å². The zero-order valence-electron chi connectivity index (χ0n) is 12.4. The van der Waals surface area contributed by atoms with Crippen molar-refractivity contribution in [2.75, 3.05) is 13.2 Å². The van der Waals surface area contributed by atoms with Gasteiger partial charge in [-0.25, -0.2) is 0 Å². The van der Waals surface area contributed by atoms with Crippen molar-refractivity contribution in [1.29, 1.82) is 0 Å². The van der Waals surface area contributed by atoms with Gasteiger partial charge in [0.25, 0.3) is 0 Å². The van der Waals surface area contributed by atoms with Crippen LogP contribution in [0.1, 0.15) is 51.1 Å². The van der Waals surface area contributed by atoms with Crippen molar-refractivity contribution in [3.05, 3.63) is 29.8 Å². The summed E-state index contributed by atoms with van der Waals surface area (Å²) >= 11 is 0. The SMILES string of the molecule is CCCOc1ccc(C(N)CCCC(=O)OCC)cc1. The molecule has 20 heavy (non-hydrogen) atoms. The van der Waals surface area contributed by atoms with Crippen molar-refractivity contribution in [3.63, 3.8) is 0 Å². The molecule has 0 amide bonds. The Balaban J connectivity index is 2.35. The lowest BCUT2D eigenvalue weighted by Crippen LogP contribution is -2.11. The van der Waals surface area contributed by atoms with Gasteiger partial charge < -0.3 is 15.2 Å². The van der Waals surface area contributed by atoms with Crippen LogP contribution in [0.25, 0.3) is 0 Å². The van der Waals surface area contributed by atoms with E-state index in [1.165, 1.54) is 0 Å². The standard InChI is InChI=1S/C16H25NO3/c1-3-12-20-14-10-8-13(9-11-14)15(17)6-5-7-16(18)19-4-2/h8-11,15H,3-7,12,17H2,1-2H3. The van der Waals surface area contributed by atoms with E-state index in [4.69, 9.17) is 15.2 Å². The molecule has 0 saturated carbocycles. The number of ether oxygens (including phenoxy) is 2. The maximum atomic E-state index is 11.2. The number of hydrogen-bond acceptors (Lipinski definition) is 4. The minimum Gasteiger partial charge on any atom is -0.494 e. The second-order valence-corrected chi connectivity index (χ2v) is 4.72. The molecule has 1 aromatic carbocycles. The van der Waals surface area contributed by atoms with Gasteiger partial charge in [0, 0.05) is 12.5 Å². The number of rotatable bonds is 9. The van der Waals surface area contributed by atoms with Crippen LogP contribution < -0.4 is 10.5 Å². The largest absolute Gasteiger partial charge is 0.494 e. The van der Waals surface area contributed by atoms with Gasteiger partial charge in [0.15, 0.2) is 0 Å². The average Bonchev–Trinajstić information content (AvgIpc) is 2.46. The zero-order chi connectivity index (χ0) is 14.8. The molecule has 0 spiro atoms. The molecule has 0 aliphatic carbocycles. The molecule has 1 aromatic rings. The van der Waals surface area contributed by atoms with E-state index < -0.39 is 0 Å². The topological polar surface area (TPSA) is 61.5 Å². The molecule has 0 heterocycles. The average molecular weight is 279 g/mol. The van der Waals surface area contributed by atoms with Crippen LogP contribution in [0.4, 0.5) is 0 Å². The van der Waals surface area contributed by atoms with Crippen LogP contribution in [-0.4, -0.2) is 19.2 Å². The summed E-state index contributed by atoms with van der Waals surface area (Å²) in [6, 6.07) is 7.80. The number of esters is 1. The molecule has 1 unspecified atom stereocenters. The van der Waals surface area contributed by atoms with E-state index in [9.17, 15) is 4.79 Å². The third-order valence-electron chi connectivity index (χ3n) is 2.98. The van der Waals surface area contributed by atoms with Gasteiger partial charge >= 0.3 is 5.97 Å². The quantitative estimate of drug-likeness (QED) is 0.705. The summed E-state index contributed by atoms with van der Waals surface area (Å²) in [5.74, 6) is 0.720. The molecule has 0 aliphatic heterocycles. The molecule has 0 bridgehead atoms. The van der Waals surface area contributed by atoms with Crippen molar-refractivity contribution in [1.82, 2.24) is 0 Å². The second-order valence-electron chi connectivity index (χ2n) is 4.72. The summed E-state index contributed by atoms with van der Waals surface area (Å²) in [5, 5.41) is 0. The highest BCUT2D eigenvalue weighted by Crippen LogP contribution is 2.20. The molecular formula is C16H25NO3. The Bertz CT molecular complexity index is 389. The van der Waals surface area contributed by atoms with Crippen LogP contribution in [0.3, 0.4) is 0 Å². The number of carbonyl (C=O) groups is 1. The Morgan fingerprint density at radius 2 is 1.95 bits per heavy atom. The molecule has 112 valence electrons. The fourth-order valence-corrected chi connectivity index (χ4v) is 1.90. The maximum Gasteiger partial charge on any atom is 0.305 e. The second kappa shape index (κ2) is 9.37. The summed E-state index contributed by atoms with van der Waals surface area (Å²) < 4.78 is 10.4. The van der Waals surface area contributed by atoms with Gasteiger partial charge in [0.1, 0.15) is 5.75 Å². The van der Waals surface area contributed by atoms with Gasteiger partial charge in [0.2, 0.25) is 0 Å². The van der Waals surface area contributed by atoms with Gasteiger partial charge in [0.05, 0.1) is 13.2 Å². The number of nitrogens with two attached hydrogens (primary N) is 1. The maximum absolute atomic E-state index is 11.2. The number of hydrogen-bond donors (Lipinski definition) is 1. The van der Waals surface area contributed by atoms with Crippen molar-refractivity contribution in [3.8, 4) is 5.75 Å². The normalized spacial score (nSPS) is 11.9. The fraction of sp³-hybridized carbons (Fsp3) is 0.562. The Morgan fingerprint density at radius 1 is 1.25 bits per heavy atom. The number of benzene rings is 1. The highest BCUT2D eigenvalue weighted by atomic mass is 16.5. The van der Waals surface area contributed by atoms with Crippen LogP contribution in [0.15, 0.2) is 24.3 Å². The third-order valence-corrected chi connectivity index (χ3v) is 2.98. The first-order chi connectivity index (χ1) is 9.67. The van der Waals surface area contributed by atoms with E-state index in [0.717, 1.165) is 37.2 Å². The van der Waals surface area contributed by atoms with Gasteiger partial charge in [-0.3, -0.25) is 4.79 Å². The van der Waals surface area contributed by atoms with E-state index >= 15 is 0 Å². The van der Waals surface area contributed by atoms with Gasteiger partial charge in [-0.1, -0.05) is 19.1 Å². The van der Waals surface area contributed by atoms with Crippen LogP contribution in [0.2, 0.25) is 0 Å². The third kappa shape index (κ3) is 6.06. The van der Waals surface area contributed by atoms with E-state index in [1.54, 1.807) is 0 Å². The Hall–Kier alpha value is -1.55. The van der Waals surface area contributed by atoms with E-state index in [2.05, 4.69) is 6.92 Å². The molecule has 0 fully saturated rings. The molecule has 0 saturated heterocycles. The fourth-order valence-electron chi connectivity index (χ4n) is 1.90. The minimum atomic E-state index is -0.150. The molecular weight excluding hydrogens is 254 g/mol. The van der Waals surface area contributed by atoms with Gasteiger partial charge in [-0.2, -0.15) is 0 Å². The lowest BCUT2D eigenvalue weighted by atomic mass is 10.0. The number of carbonyl (C=O) groups excluding carboxylic acids is 1. The first-order valence-corrected chi connectivity index (χ1v) is 7.31. The molecule has 1 atom stereocenters. The minimum absolute atomic E-state index is 0.0512. The lowest BCUT2D eigenvalue weighted by Gasteiger charge is -2.12. The molecule has 4 heteroatoms. The monoisotopic (exact) mass is 279 g/mol. The summed E-state index contributed by atoms with van der Waals surface area (Å²) in [6.45, 7) is 5.05. The molecule has 1 rings (SSSR count). The van der Waals surface area contributed by atoms with Crippen molar-refractivity contribution in [2.24, 2.45) is 5.73 Å². The summed E-state index contributed by atoms with van der Waals surface area (Å²) in [7, 11) is 0. The smallest absolute Gasteiger partial charge is 0.305 e. The van der Waals surface area contributed by atoms with Crippen LogP contribution in [0.5, 0.6) is 5.75 Å². The Kier molecular flexibility index (Phi) is 7.73. The highest BCUT2D eigenvalue weighted by molar-refractivity contribution is 5.69. The highest BCUT2D eigenvalue weighted by Gasteiger charge is 2.08. The van der Waals surface area contributed by atoms with Crippen LogP contribution in [0, 0.1) is 0 Å². The molecule has 0 aliphatic rings. The molecule has 4 nitrogen and oxygen atoms in total. The molecule has 0 radical (unpaired) electrons. The summed E-state index contributed by atoms with van der Waals surface area (Å²) in [6.07, 6.45) is 2.94. The van der Waals surface area contributed by atoms with Gasteiger partial charge in [-0.15, -0.1) is 0 Å². The zero-order valence-corrected chi connectivity index (χ0v) is 12.4. The molecule has 0 aromatic heterocycles. The molecule has 2 N–H and O–H groups in total. The predicted molar refractivity (Wildman–Crippen MR) is 79.6 cm³/mol.